The third kappa shape index (κ3) is 2.97. The van der Waals surface area contributed by atoms with E-state index in [1.54, 1.807) is 6.07 Å². The Bertz CT molecular complexity index is 398. The van der Waals surface area contributed by atoms with Gasteiger partial charge in [0, 0.05) is 30.9 Å². The van der Waals surface area contributed by atoms with E-state index < -0.39 is 0 Å². The monoisotopic (exact) mass is 249 g/mol. The Morgan fingerprint density at radius 2 is 2.11 bits per heavy atom. The van der Waals surface area contributed by atoms with Crippen LogP contribution in [0.1, 0.15) is 18.4 Å². The number of nitrogens with two attached hydrogens (primary N) is 1. The van der Waals surface area contributed by atoms with Crippen LogP contribution in [0.15, 0.2) is 6.07 Å². The van der Waals surface area contributed by atoms with E-state index in [9.17, 15) is 0 Å². The summed E-state index contributed by atoms with van der Waals surface area (Å²) in [6.07, 6.45) is 0. The van der Waals surface area contributed by atoms with Gasteiger partial charge >= 0.3 is 0 Å². The van der Waals surface area contributed by atoms with Crippen LogP contribution in [-0.2, 0) is 6.54 Å². The van der Waals surface area contributed by atoms with E-state index in [2.05, 4.69) is 40.8 Å². The number of nitrogen functional groups attached to an aromatic ring is 1. The minimum Gasteiger partial charge on any atom is -0.384 e. The Labute approximate surface area is 109 Å². The molecule has 0 aromatic carbocycles. The van der Waals surface area contributed by atoms with Gasteiger partial charge in [0.2, 0.25) is 0 Å². The molecule has 1 aliphatic heterocycles. The van der Waals surface area contributed by atoms with Crippen molar-refractivity contribution in [2.24, 2.45) is 5.92 Å². The van der Waals surface area contributed by atoms with Crippen molar-refractivity contribution in [3.63, 3.8) is 0 Å². The largest absolute Gasteiger partial charge is 0.384 e. The van der Waals surface area contributed by atoms with Crippen molar-refractivity contribution in [2.45, 2.75) is 26.4 Å². The molecule has 0 saturated carbocycles. The highest BCUT2D eigenvalue weighted by atomic mass is 15.2. The van der Waals surface area contributed by atoms with Crippen molar-refractivity contribution in [1.29, 1.82) is 0 Å². The molecule has 1 aliphatic rings. The Hall–Kier alpha value is -1.20. The van der Waals surface area contributed by atoms with E-state index in [1.807, 2.05) is 6.92 Å². The van der Waals surface area contributed by atoms with Gasteiger partial charge in [0.25, 0.3) is 0 Å². The molecule has 1 saturated heterocycles. The zero-order chi connectivity index (χ0) is 13.3. The predicted molar refractivity (Wildman–Crippen MR) is 73.1 cm³/mol. The Morgan fingerprint density at radius 1 is 1.39 bits per heavy atom. The van der Waals surface area contributed by atoms with Crippen LogP contribution in [-0.4, -0.2) is 53.0 Å². The molecule has 1 aromatic rings. The van der Waals surface area contributed by atoms with Gasteiger partial charge in [0.15, 0.2) is 0 Å². The van der Waals surface area contributed by atoms with Crippen LogP contribution in [0.4, 0.5) is 5.82 Å². The Morgan fingerprint density at radius 3 is 2.67 bits per heavy atom. The average molecular weight is 249 g/mol. The van der Waals surface area contributed by atoms with Crippen molar-refractivity contribution in [3.8, 4) is 0 Å². The Kier molecular flexibility index (Phi) is 3.82. The molecule has 0 radical (unpaired) electrons. The fourth-order valence-electron chi connectivity index (χ4n) is 2.78. The molecule has 2 atom stereocenters. The molecule has 2 heterocycles. The number of hydrogen-bond acceptors (Lipinski definition) is 5. The summed E-state index contributed by atoms with van der Waals surface area (Å²) in [6, 6.07) is 2.42. The third-order valence-corrected chi connectivity index (χ3v) is 3.60. The number of hydrogen-bond donors (Lipinski definition) is 1. The minimum absolute atomic E-state index is 0.564. The number of rotatable bonds is 3. The maximum Gasteiger partial charge on any atom is 0.144 e. The summed E-state index contributed by atoms with van der Waals surface area (Å²) in [5.41, 5.74) is 6.70. The highest BCUT2D eigenvalue weighted by Gasteiger charge is 2.31. The molecular weight excluding hydrogens is 226 g/mol. The fourth-order valence-corrected chi connectivity index (χ4v) is 2.78. The number of anilines is 1. The van der Waals surface area contributed by atoms with Gasteiger partial charge in [-0.15, -0.1) is 0 Å². The van der Waals surface area contributed by atoms with E-state index in [0.717, 1.165) is 31.2 Å². The zero-order valence-electron chi connectivity index (χ0n) is 11.7. The molecule has 0 bridgehead atoms. The molecule has 18 heavy (non-hydrogen) atoms. The normalized spacial score (nSPS) is 24.9. The van der Waals surface area contributed by atoms with Crippen LogP contribution >= 0.6 is 0 Å². The summed E-state index contributed by atoms with van der Waals surface area (Å²) in [5, 5.41) is 0. The first-order valence-corrected chi connectivity index (χ1v) is 6.44. The van der Waals surface area contributed by atoms with E-state index in [0.29, 0.717) is 17.8 Å². The number of likely N-dealkylation sites (tertiary alicyclic amines) is 1. The molecule has 2 rings (SSSR count). The number of aryl methyl sites for hydroxylation is 1. The molecule has 0 amide bonds. The molecule has 0 aliphatic carbocycles. The first-order chi connectivity index (χ1) is 8.45. The maximum absolute atomic E-state index is 5.76. The summed E-state index contributed by atoms with van der Waals surface area (Å²) >= 11 is 0. The molecule has 5 heteroatoms. The smallest absolute Gasteiger partial charge is 0.144 e. The summed E-state index contributed by atoms with van der Waals surface area (Å²) in [6.45, 7) is 7.22. The second-order valence-corrected chi connectivity index (χ2v) is 5.55. The first kappa shape index (κ1) is 13.2. The van der Waals surface area contributed by atoms with Gasteiger partial charge < -0.3 is 10.6 Å². The van der Waals surface area contributed by atoms with Crippen molar-refractivity contribution < 1.29 is 0 Å². The molecular formula is C13H23N5. The lowest BCUT2D eigenvalue weighted by Gasteiger charge is -2.22. The highest BCUT2D eigenvalue weighted by Crippen LogP contribution is 2.21. The first-order valence-electron chi connectivity index (χ1n) is 6.44. The zero-order valence-corrected chi connectivity index (χ0v) is 11.7. The van der Waals surface area contributed by atoms with Gasteiger partial charge in [-0.25, -0.2) is 9.97 Å². The molecule has 1 fully saturated rings. The molecule has 100 valence electrons. The van der Waals surface area contributed by atoms with Crippen LogP contribution in [0.2, 0.25) is 0 Å². The van der Waals surface area contributed by atoms with E-state index in [4.69, 9.17) is 5.73 Å². The SMILES string of the molecule is Cc1cc(N)nc(CN2CC(C)C(N(C)C)C2)n1. The standard InChI is InChI=1S/C13H23N5/c1-9-6-18(7-11(9)17(3)4)8-13-15-10(2)5-12(14)16-13/h5,9,11H,6-8H2,1-4H3,(H2,14,15,16). The summed E-state index contributed by atoms with van der Waals surface area (Å²) in [7, 11) is 4.29. The van der Waals surface area contributed by atoms with Crippen molar-refractivity contribution in [1.82, 2.24) is 19.8 Å². The highest BCUT2D eigenvalue weighted by molar-refractivity contribution is 5.29. The van der Waals surface area contributed by atoms with Crippen LogP contribution in [0.25, 0.3) is 0 Å². The molecule has 1 aromatic heterocycles. The number of aromatic nitrogens is 2. The Balaban J connectivity index is 2.02. The maximum atomic E-state index is 5.76. The lowest BCUT2D eigenvalue weighted by molar-refractivity contribution is 0.248. The predicted octanol–water partition coefficient (Wildman–Crippen LogP) is 0.749. The van der Waals surface area contributed by atoms with Gasteiger partial charge in [0.1, 0.15) is 11.6 Å². The quantitative estimate of drug-likeness (QED) is 0.856. The van der Waals surface area contributed by atoms with Crippen LogP contribution in [0.5, 0.6) is 0 Å². The van der Waals surface area contributed by atoms with E-state index in [1.165, 1.54) is 0 Å². The number of nitrogens with zero attached hydrogens (tertiary/aromatic N) is 4. The lowest BCUT2D eigenvalue weighted by Crippen LogP contribution is -2.34. The van der Waals surface area contributed by atoms with E-state index in [-0.39, 0.29) is 0 Å². The van der Waals surface area contributed by atoms with Gasteiger partial charge in [0.05, 0.1) is 6.54 Å². The van der Waals surface area contributed by atoms with Crippen LogP contribution < -0.4 is 5.73 Å². The van der Waals surface area contributed by atoms with Gasteiger partial charge in [-0.2, -0.15) is 0 Å². The second-order valence-electron chi connectivity index (χ2n) is 5.55. The summed E-state index contributed by atoms with van der Waals surface area (Å²) in [5.74, 6) is 2.08. The van der Waals surface area contributed by atoms with E-state index >= 15 is 0 Å². The van der Waals surface area contributed by atoms with Gasteiger partial charge in [-0.3, -0.25) is 4.90 Å². The molecule has 0 spiro atoms. The molecule has 2 N–H and O–H groups in total. The minimum atomic E-state index is 0.564. The summed E-state index contributed by atoms with van der Waals surface area (Å²) in [4.78, 5) is 13.5. The average Bonchev–Trinajstić information content (AvgIpc) is 2.57. The molecule has 2 unspecified atom stereocenters. The second kappa shape index (κ2) is 5.20. The number of likely N-dealkylation sites (N-methyl/N-ethyl adjacent to an activating group) is 1. The van der Waals surface area contributed by atoms with Gasteiger partial charge in [-0.1, -0.05) is 6.92 Å². The molecule has 5 nitrogen and oxygen atoms in total. The third-order valence-electron chi connectivity index (χ3n) is 3.60. The summed E-state index contributed by atoms with van der Waals surface area (Å²) < 4.78 is 0. The van der Waals surface area contributed by atoms with Crippen LogP contribution in [0.3, 0.4) is 0 Å². The van der Waals surface area contributed by atoms with Crippen molar-refractivity contribution >= 4 is 5.82 Å². The topological polar surface area (TPSA) is 58.3 Å². The van der Waals surface area contributed by atoms with Crippen molar-refractivity contribution in [3.05, 3.63) is 17.6 Å². The van der Waals surface area contributed by atoms with Crippen molar-refractivity contribution in [2.75, 3.05) is 32.9 Å². The van der Waals surface area contributed by atoms with Gasteiger partial charge in [-0.05, 0) is 26.9 Å². The lowest BCUT2D eigenvalue weighted by atomic mass is 10.1. The fraction of sp³-hybridized carbons (Fsp3) is 0.692. The van der Waals surface area contributed by atoms with Crippen LogP contribution in [0, 0.1) is 12.8 Å².